The maximum absolute atomic E-state index is 10.4. The molecule has 0 aliphatic heterocycles. The van der Waals surface area contributed by atoms with Crippen LogP contribution in [0.1, 0.15) is 6.42 Å². The van der Waals surface area contributed by atoms with Crippen LogP contribution in [0.4, 0.5) is 0 Å². The number of carboxylic acids is 1. The first-order chi connectivity index (χ1) is 36.3. The number of methoxy groups -OCH3 is 1. The van der Waals surface area contributed by atoms with E-state index < -0.39 is 5.97 Å². The Morgan fingerprint density at radius 1 is 0.192 bits per heavy atom. The topological polar surface area (TPSA) is 250 Å². The Kier molecular flexibility index (Phi) is 67.2. The van der Waals surface area contributed by atoms with E-state index in [2.05, 4.69) is 0 Å². The van der Waals surface area contributed by atoms with Crippen LogP contribution >= 0.6 is 0 Å². The highest BCUT2D eigenvalue weighted by Gasteiger charge is 2.00. The van der Waals surface area contributed by atoms with Gasteiger partial charge in [-0.15, -0.1) is 0 Å². The summed E-state index contributed by atoms with van der Waals surface area (Å²) in [4.78, 5) is 10.4. The zero-order valence-electron chi connectivity index (χ0n) is 44.3. The minimum atomic E-state index is -0.879. The van der Waals surface area contributed by atoms with Crippen molar-refractivity contribution in [1.29, 1.82) is 0 Å². The van der Waals surface area contributed by atoms with Crippen LogP contribution in [-0.4, -0.2) is 315 Å². The molecule has 0 radical (unpaired) electrons. The van der Waals surface area contributed by atoms with Gasteiger partial charge in [0.2, 0.25) is 0 Å². The van der Waals surface area contributed by atoms with Crippen LogP contribution in [0.15, 0.2) is 0 Å². The fourth-order valence-corrected chi connectivity index (χ4v) is 5.02. The van der Waals surface area contributed by atoms with Gasteiger partial charge in [0.25, 0.3) is 0 Å². The lowest BCUT2D eigenvalue weighted by Crippen LogP contribution is -2.16. The summed E-state index contributed by atoms with van der Waals surface area (Å²) in [5, 5.41) is 8.52. The summed E-state index contributed by atoms with van der Waals surface area (Å²) in [7, 11) is 1.64. The molecule has 0 heterocycles. The second kappa shape index (κ2) is 68.6. The van der Waals surface area contributed by atoms with E-state index in [1.807, 2.05) is 0 Å². The van der Waals surface area contributed by atoms with E-state index >= 15 is 0 Å². The third kappa shape index (κ3) is 70.5. The molecule has 25 nitrogen and oxygen atoms in total. The molecule has 73 heavy (non-hydrogen) atoms. The Balaban J connectivity index is 3.08. The second-order valence-corrected chi connectivity index (χ2v) is 14.6. The van der Waals surface area contributed by atoms with Crippen molar-refractivity contribution in [2.24, 2.45) is 0 Å². The molecule has 0 aliphatic rings. The van der Waals surface area contributed by atoms with Gasteiger partial charge in [-0.05, 0) is 0 Å². The molecule has 0 amide bonds. The van der Waals surface area contributed by atoms with Gasteiger partial charge in [-0.3, -0.25) is 4.79 Å². The summed E-state index contributed by atoms with van der Waals surface area (Å²) < 4.78 is 125. The van der Waals surface area contributed by atoms with Gasteiger partial charge in [0.05, 0.1) is 304 Å². The summed E-state index contributed by atoms with van der Waals surface area (Å²) in [5.41, 5.74) is 0. The molecule has 0 aromatic carbocycles. The van der Waals surface area contributed by atoms with Gasteiger partial charge >= 0.3 is 5.97 Å². The normalized spacial score (nSPS) is 11.7. The van der Waals surface area contributed by atoms with E-state index in [0.29, 0.717) is 291 Å². The van der Waals surface area contributed by atoms with Crippen LogP contribution < -0.4 is 0 Å². The van der Waals surface area contributed by atoms with E-state index in [9.17, 15) is 4.79 Å². The van der Waals surface area contributed by atoms with Crippen molar-refractivity contribution in [3.63, 3.8) is 0 Å². The van der Waals surface area contributed by atoms with Crippen molar-refractivity contribution in [3.05, 3.63) is 0 Å². The molecule has 0 saturated heterocycles. The highest BCUT2D eigenvalue weighted by atomic mass is 16.6. The van der Waals surface area contributed by atoms with Gasteiger partial charge in [0.15, 0.2) is 0 Å². The molecule has 0 rings (SSSR count). The standard InChI is InChI=1S/C48H96O25/c1-51-4-5-53-8-9-55-12-13-57-16-17-59-20-21-61-24-25-63-28-29-65-32-33-67-36-37-69-40-41-71-44-45-73-47-46-72-43-42-70-39-38-68-35-34-66-31-30-64-27-26-62-23-22-60-19-18-58-15-14-56-11-10-54-7-6-52-3-2-48(49)50/h2-47H2,1H3,(H,49,50). The number of ether oxygens (including phenoxy) is 23. The van der Waals surface area contributed by atoms with Crippen molar-refractivity contribution >= 4 is 5.97 Å². The predicted molar refractivity (Wildman–Crippen MR) is 262 cm³/mol. The van der Waals surface area contributed by atoms with E-state index in [0.717, 1.165) is 0 Å². The molecule has 25 heteroatoms. The highest BCUT2D eigenvalue weighted by Crippen LogP contribution is 1.91. The Morgan fingerprint density at radius 3 is 0.384 bits per heavy atom. The third-order valence-electron chi connectivity index (χ3n) is 8.70. The van der Waals surface area contributed by atoms with Gasteiger partial charge in [-0.2, -0.15) is 0 Å². The predicted octanol–water partition coefficient (Wildman–Crippen LogP) is 0.473. The number of carbonyl (C=O) groups is 1. The maximum Gasteiger partial charge on any atom is 0.305 e. The number of carboxylic acid groups (broad SMARTS) is 1. The molecule has 0 spiro atoms. The van der Waals surface area contributed by atoms with E-state index in [1.165, 1.54) is 0 Å². The SMILES string of the molecule is COCCOCCOCCOCCOCCOCCOCCOCCOCCOCCOCCOCCOCCOCCOCCOCCOCCOCCOCCOCCOCCOCCOCCC(=O)O. The lowest BCUT2D eigenvalue weighted by molar-refractivity contribution is -0.138. The van der Waals surface area contributed by atoms with E-state index in [4.69, 9.17) is 114 Å². The lowest BCUT2D eigenvalue weighted by atomic mass is 10.5. The quantitative estimate of drug-likeness (QED) is 0.0813. The summed E-state index contributed by atoms with van der Waals surface area (Å²) in [6.45, 7) is 21.6. The van der Waals surface area contributed by atoms with Gasteiger partial charge in [0.1, 0.15) is 0 Å². The first-order valence-corrected chi connectivity index (χ1v) is 25.7. The Hall–Kier alpha value is -1.45. The molecule has 1 N–H and O–H groups in total. The first-order valence-electron chi connectivity index (χ1n) is 25.7. The average Bonchev–Trinajstić information content (AvgIpc) is 3.39. The molecular weight excluding hydrogens is 977 g/mol. The van der Waals surface area contributed by atoms with Crippen molar-refractivity contribution in [2.75, 3.05) is 304 Å². The van der Waals surface area contributed by atoms with Crippen molar-refractivity contribution in [2.45, 2.75) is 6.42 Å². The molecule has 0 saturated carbocycles. The minimum Gasteiger partial charge on any atom is -0.481 e. The molecule has 0 fully saturated rings. The van der Waals surface area contributed by atoms with Crippen molar-refractivity contribution in [1.82, 2.24) is 0 Å². The molecule has 0 aromatic heterocycles. The summed E-state index contributed by atoms with van der Waals surface area (Å²) in [6.07, 6.45) is -0.00897. The zero-order chi connectivity index (χ0) is 52.4. The van der Waals surface area contributed by atoms with Crippen LogP contribution in [0.3, 0.4) is 0 Å². The van der Waals surface area contributed by atoms with Crippen molar-refractivity contribution < 1.29 is 119 Å². The van der Waals surface area contributed by atoms with Gasteiger partial charge in [0, 0.05) is 7.11 Å². The van der Waals surface area contributed by atoms with Crippen LogP contribution in [0.5, 0.6) is 0 Å². The fraction of sp³-hybridized carbons (Fsp3) is 0.979. The Bertz CT molecular complexity index is 998. The highest BCUT2D eigenvalue weighted by molar-refractivity contribution is 5.66. The molecule has 438 valence electrons. The smallest absolute Gasteiger partial charge is 0.305 e. The maximum atomic E-state index is 10.4. The molecule has 0 aromatic rings. The summed E-state index contributed by atoms with van der Waals surface area (Å²) >= 11 is 0. The first kappa shape index (κ1) is 71.5. The van der Waals surface area contributed by atoms with Crippen LogP contribution in [0.25, 0.3) is 0 Å². The van der Waals surface area contributed by atoms with Crippen LogP contribution in [-0.2, 0) is 114 Å². The number of hydrogen-bond acceptors (Lipinski definition) is 24. The molecule has 0 unspecified atom stereocenters. The van der Waals surface area contributed by atoms with Crippen LogP contribution in [0.2, 0.25) is 0 Å². The van der Waals surface area contributed by atoms with Gasteiger partial charge < -0.3 is 114 Å². The summed E-state index contributed by atoms with van der Waals surface area (Å²) in [6, 6.07) is 0. The third-order valence-corrected chi connectivity index (χ3v) is 8.70. The van der Waals surface area contributed by atoms with E-state index in [1.54, 1.807) is 7.11 Å². The fourth-order valence-electron chi connectivity index (χ4n) is 5.02. The zero-order valence-corrected chi connectivity index (χ0v) is 44.3. The average molecular weight is 1070 g/mol. The molecule has 0 bridgehead atoms. The second-order valence-electron chi connectivity index (χ2n) is 14.6. The monoisotopic (exact) mass is 1070 g/mol. The minimum absolute atomic E-state index is 0.00897. The number of hydrogen-bond donors (Lipinski definition) is 1. The van der Waals surface area contributed by atoms with Crippen molar-refractivity contribution in [3.8, 4) is 0 Å². The van der Waals surface area contributed by atoms with E-state index in [-0.39, 0.29) is 13.0 Å². The van der Waals surface area contributed by atoms with Gasteiger partial charge in [-0.25, -0.2) is 0 Å². The number of aliphatic carboxylic acids is 1. The molecule has 0 aliphatic carbocycles. The molecular formula is C48H96O25. The van der Waals surface area contributed by atoms with Gasteiger partial charge in [-0.1, -0.05) is 0 Å². The lowest BCUT2D eigenvalue weighted by Gasteiger charge is -2.09. The number of rotatable bonds is 69. The Labute approximate surface area is 434 Å². The molecule has 0 atom stereocenters. The summed E-state index contributed by atoms with van der Waals surface area (Å²) in [5.74, 6) is -0.879. The Morgan fingerprint density at radius 2 is 0.288 bits per heavy atom. The van der Waals surface area contributed by atoms with Crippen LogP contribution in [0, 0.1) is 0 Å². The largest absolute Gasteiger partial charge is 0.481 e.